The molecule has 1 aromatic rings. The molecule has 2 saturated carbocycles. The predicted octanol–water partition coefficient (Wildman–Crippen LogP) is 2.36. The minimum Gasteiger partial charge on any atom is -0.507 e. The van der Waals surface area contributed by atoms with E-state index in [4.69, 9.17) is 10.5 Å². The van der Waals surface area contributed by atoms with Gasteiger partial charge in [-0.2, -0.15) is 0 Å². The van der Waals surface area contributed by atoms with Gasteiger partial charge in [-0.25, -0.2) is 0 Å². The van der Waals surface area contributed by atoms with Gasteiger partial charge in [-0.1, -0.05) is 6.07 Å². The Morgan fingerprint density at radius 2 is 2.10 bits per heavy atom. The summed E-state index contributed by atoms with van der Waals surface area (Å²) in [6.45, 7) is 0.817. The van der Waals surface area contributed by atoms with Crippen molar-refractivity contribution in [1.82, 2.24) is 0 Å². The normalized spacial score (nSPS) is 38.4. The second kappa shape index (κ2) is 6.54. The highest BCUT2D eigenvalue weighted by molar-refractivity contribution is 5.96. The lowest BCUT2D eigenvalue weighted by Gasteiger charge is -2.62. The van der Waals surface area contributed by atoms with E-state index in [2.05, 4.69) is 0 Å². The number of carbonyl (C=O) groups excluding carboxylic acids is 2. The number of aliphatic hydroxyl groups is 1. The molecule has 2 bridgehead atoms. The fraction of sp³-hybridized carbons (Fsp3) is 0.652. The van der Waals surface area contributed by atoms with Gasteiger partial charge in [-0.05, 0) is 68.4 Å². The number of phenols is 1. The summed E-state index contributed by atoms with van der Waals surface area (Å²) in [5, 5.41) is 23.1. The van der Waals surface area contributed by atoms with Crippen molar-refractivity contribution < 1.29 is 24.5 Å². The molecule has 5 atom stereocenters. The third kappa shape index (κ3) is 2.61. The van der Waals surface area contributed by atoms with Crippen molar-refractivity contribution >= 4 is 11.7 Å². The summed E-state index contributed by atoms with van der Waals surface area (Å²) in [5.41, 5.74) is 5.19. The number of benzene rings is 1. The van der Waals surface area contributed by atoms with Gasteiger partial charge in [0, 0.05) is 30.4 Å². The summed E-state index contributed by atoms with van der Waals surface area (Å²) >= 11 is 0. The van der Waals surface area contributed by atoms with Crippen molar-refractivity contribution in [3.05, 3.63) is 28.8 Å². The molecular formula is C23H29NO5. The summed E-state index contributed by atoms with van der Waals surface area (Å²) in [4.78, 5) is 24.4. The summed E-state index contributed by atoms with van der Waals surface area (Å²) in [7, 11) is 0. The Kier molecular flexibility index (Phi) is 4.30. The lowest BCUT2D eigenvalue weighted by atomic mass is 9.43. The van der Waals surface area contributed by atoms with Gasteiger partial charge in [0.1, 0.15) is 11.5 Å². The van der Waals surface area contributed by atoms with Crippen LogP contribution in [0.5, 0.6) is 5.75 Å². The quantitative estimate of drug-likeness (QED) is 0.723. The van der Waals surface area contributed by atoms with Crippen LogP contribution in [0.3, 0.4) is 0 Å². The summed E-state index contributed by atoms with van der Waals surface area (Å²) < 4.78 is 5.88. The average molecular weight is 399 g/mol. The van der Waals surface area contributed by atoms with E-state index in [0.717, 1.165) is 37.9 Å². The second-order valence-corrected chi connectivity index (χ2v) is 9.56. The van der Waals surface area contributed by atoms with E-state index in [9.17, 15) is 19.8 Å². The molecule has 0 aromatic heterocycles. The number of fused-ring (bicyclic) bond motifs is 1. The number of hydrogen-bond acceptors (Lipinski definition) is 5. The maximum absolute atomic E-state index is 12.6. The number of primary amides is 1. The van der Waals surface area contributed by atoms with E-state index < -0.39 is 16.9 Å². The molecule has 5 unspecified atom stereocenters. The molecule has 3 fully saturated rings. The fourth-order valence-corrected chi connectivity index (χ4v) is 7.00. The minimum atomic E-state index is -1.05. The Hall–Kier alpha value is -1.92. The van der Waals surface area contributed by atoms with Crippen LogP contribution >= 0.6 is 0 Å². The van der Waals surface area contributed by atoms with Gasteiger partial charge < -0.3 is 20.7 Å². The molecule has 1 aromatic carbocycles. The topological polar surface area (TPSA) is 110 Å². The van der Waals surface area contributed by atoms with Crippen molar-refractivity contribution in [2.24, 2.45) is 17.6 Å². The molecule has 1 saturated heterocycles. The first kappa shape index (κ1) is 19.1. The largest absolute Gasteiger partial charge is 0.507 e. The van der Waals surface area contributed by atoms with Gasteiger partial charge in [-0.3, -0.25) is 9.59 Å². The van der Waals surface area contributed by atoms with Crippen molar-refractivity contribution in [3.8, 4) is 5.75 Å². The number of Topliss-reactive ketones (excluding diaryl/α,β-unsaturated/α-hetero) is 1. The predicted molar refractivity (Wildman–Crippen MR) is 106 cm³/mol. The molecule has 4 N–H and O–H groups in total. The van der Waals surface area contributed by atoms with Crippen LogP contribution in [0.2, 0.25) is 0 Å². The smallest absolute Gasteiger partial charge is 0.252 e. The molecule has 0 spiro atoms. The zero-order valence-electron chi connectivity index (χ0n) is 16.7. The number of nitrogens with two attached hydrogens (primary N) is 1. The number of amides is 1. The van der Waals surface area contributed by atoms with Crippen molar-refractivity contribution in [3.63, 3.8) is 0 Å². The molecule has 6 heteroatoms. The maximum atomic E-state index is 12.6. The summed E-state index contributed by atoms with van der Waals surface area (Å²) in [6.07, 6.45) is 6.53. The first-order valence-electron chi connectivity index (χ1n) is 10.9. The minimum absolute atomic E-state index is 0.0277. The zero-order chi connectivity index (χ0) is 20.4. The molecule has 1 aliphatic heterocycles. The van der Waals surface area contributed by atoms with E-state index in [1.807, 2.05) is 6.07 Å². The first-order valence-corrected chi connectivity index (χ1v) is 10.9. The Labute approximate surface area is 170 Å². The number of aromatic hydroxyl groups is 1. The molecule has 6 nitrogen and oxygen atoms in total. The highest BCUT2D eigenvalue weighted by Gasteiger charge is 2.65. The number of ketones is 1. The Morgan fingerprint density at radius 1 is 1.28 bits per heavy atom. The van der Waals surface area contributed by atoms with E-state index in [0.29, 0.717) is 37.2 Å². The van der Waals surface area contributed by atoms with E-state index in [1.165, 1.54) is 0 Å². The third-order valence-electron chi connectivity index (χ3n) is 8.27. The van der Waals surface area contributed by atoms with Crippen LogP contribution in [-0.2, 0) is 21.4 Å². The molecule has 3 aliphatic carbocycles. The SMILES string of the molecule is NC(=O)c1ccc2c(c1O)C13CCC(CC4CCCO4)C(C2)C1(O)CCC(=O)C3. The van der Waals surface area contributed by atoms with Crippen LogP contribution in [0.25, 0.3) is 0 Å². The molecule has 29 heavy (non-hydrogen) atoms. The van der Waals surface area contributed by atoms with Crippen molar-refractivity contribution in [2.45, 2.75) is 74.9 Å². The number of carbonyl (C=O) groups is 2. The van der Waals surface area contributed by atoms with Crippen LogP contribution < -0.4 is 5.73 Å². The van der Waals surface area contributed by atoms with Gasteiger partial charge >= 0.3 is 0 Å². The zero-order valence-corrected chi connectivity index (χ0v) is 16.7. The van der Waals surface area contributed by atoms with E-state index in [1.54, 1.807) is 6.07 Å². The van der Waals surface area contributed by atoms with Crippen molar-refractivity contribution in [1.29, 1.82) is 0 Å². The standard InChI is InChI=1S/C23H29NO5/c24-21(27)17-4-3-14-11-18-13(10-16-2-1-9-29-16)5-7-22(19(14)20(17)26)12-15(25)6-8-23(18,22)28/h3-4,13,16,18,26,28H,1-2,5-12H2,(H2,24,27). The Morgan fingerprint density at radius 3 is 2.83 bits per heavy atom. The van der Waals surface area contributed by atoms with Gasteiger partial charge in [0.2, 0.25) is 0 Å². The van der Waals surface area contributed by atoms with Gasteiger partial charge in [-0.15, -0.1) is 0 Å². The van der Waals surface area contributed by atoms with Gasteiger partial charge in [0.25, 0.3) is 5.91 Å². The van der Waals surface area contributed by atoms with Crippen molar-refractivity contribution in [2.75, 3.05) is 6.61 Å². The molecule has 1 heterocycles. The molecule has 156 valence electrons. The lowest BCUT2D eigenvalue weighted by molar-refractivity contribution is -0.175. The van der Waals surface area contributed by atoms with E-state index >= 15 is 0 Å². The molecule has 5 rings (SSSR count). The number of hydrogen-bond donors (Lipinski definition) is 3. The molecule has 4 aliphatic rings. The van der Waals surface area contributed by atoms with Crippen LogP contribution in [0, 0.1) is 11.8 Å². The highest BCUT2D eigenvalue weighted by atomic mass is 16.5. The lowest BCUT2D eigenvalue weighted by Crippen LogP contribution is -2.67. The molecule has 1 amide bonds. The highest BCUT2D eigenvalue weighted by Crippen LogP contribution is 2.64. The van der Waals surface area contributed by atoms with Crippen LogP contribution in [-0.4, -0.2) is 40.2 Å². The van der Waals surface area contributed by atoms with E-state index in [-0.39, 0.29) is 35.5 Å². The Balaban J connectivity index is 1.63. The number of rotatable bonds is 3. The third-order valence-corrected chi connectivity index (χ3v) is 8.27. The maximum Gasteiger partial charge on any atom is 0.252 e. The second-order valence-electron chi connectivity index (χ2n) is 9.56. The van der Waals surface area contributed by atoms with Gasteiger partial charge in [0.15, 0.2) is 0 Å². The average Bonchev–Trinajstić information content (AvgIpc) is 3.17. The van der Waals surface area contributed by atoms with Gasteiger partial charge in [0.05, 0.1) is 17.3 Å². The monoisotopic (exact) mass is 399 g/mol. The Bertz CT molecular complexity index is 876. The summed E-state index contributed by atoms with van der Waals surface area (Å²) in [5.74, 6) is -0.362. The summed E-state index contributed by atoms with van der Waals surface area (Å²) in [6, 6.07) is 3.43. The van der Waals surface area contributed by atoms with Crippen LogP contribution in [0.15, 0.2) is 12.1 Å². The first-order chi connectivity index (χ1) is 13.9. The van der Waals surface area contributed by atoms with Crippen LogP contribution in [0.4, 0.5) is 0 Å². The molecule has 0 radical (unpaired) electrons. The fourth-order valence-electron chi connectivity index (χ4n) is 7.00. The molecular weight excluding hydrogens is 370 g/mol. The number of ether oxygens (including phenoxy) is 1. The van der Waals surface area contributed by atoms with Crippen LogP contribution in [0.1, 0.15) is 72.9 Å².